The van der Waals surface area contributed by atoms with Gasteiger partial charge in [0.1, 0.15) is 0 Å². The van der Waals surface area contributed by atoms with Crippen LogP contribution < -0.4 is 10.1 Å². The Kier molecular flexibility index (Phi) is 6.82. The highest BCUT2D eigenvalue weighted by Gasteiger charge is 2.25. The van der Waals surface area contributed by atoms with Gasteiger partial charge in [-0.15, -0.1) is 11.3 Å². The van der Waals surface area contributed by atoms with Gasteiger partial charge >= 0.3 is 0 Å². The van der Waals surface area contributed by atoms with E-state index in [-0.39, 0.29) is 18.1 Å². The third-order valence-electron chi connectivity index (χ3n) is 4.38. The molecule has 0 saturated carbocycles. The quantitative estimate of drug-likeness (QED) is 0.789. The standard InChI is InChI=1S/C20H27N3O3S/c1-14(2)26-17-5-4-8-21-19(17)20(24)22-13-16(18-7-6-15(3)27-18)23-9-11-25-12-10-23/h4-8,14,16H,9-13H2,1-3H3,(H,22,24). The lowest BCUT2D eigenvalue weighted by atomic mass is 10.1. The molecule has 0 aromatic carbocycles. The van der Waals surface area contributed by atoms with Crippen molar-refractivity contribution < 1.29 is 14.3 Å². The molecule has 0 radical (unpaired) electrons. The van der Waals surface area contributed by atoms with E-state index < -0.39 is 0 Å². The van der Waals surface area contributed by atoms with Crippen LogP contribution in [0.1, 0.15) is 40.1 Å². The second-order valence-electron chi connectivity index (χ2n) is 6.84. The maximum atomic E-state index is 12.8. The lowest BCUT2D eigenvalue weighted by Crippen LogP contribution is -2.43. The summed E-state index contributed by atoms with van der Waals surface area (Å²) in [5, 5.41) is 3.06. The minimum Gasteiger partial charge on any atom is -0.489 e. The summed E-state index contributed by atoms with van der Waals surface area (Å²) in [6.07, 6.45) is 1.60. The molecule has 0 aliphatic carbocycles. The molecule has 1 unspecified atom stereocenters. The van der Waals surface area contributed by atoms with Gasteiger partial charge in [-0.05, 0) is 45.0 Å². The van der Waals surface area contributed by atoms with Crippen molar-refractivity contribution in [3.05, 3.63) is 45.9 Å². The second kappa shape index (κ2) is 9.30. The summed E-state index contributed by atoms with van der Waals surface area (Å²) in [5.74, 6) is 0.303. The van der Waals surface area contributed by atoms with E-state index in [1.54, 1.807) is 29.7 Å². The average Bonchev–Trinajstić information content (AvgIpc) is 3.08. The first-order valence-electron chi connectivity index (χ1n) is 9.32. The van der Waals surface area contributed by atoms with Crippen molar-refractivity contribution in [3.8, 4) is 5.75 Å². The Hall–Kier alpha value is -1.96. The molecule has 2 aromatic heterocycles. The highest BCUT2D eigenvalue weighted by atomic mass is 32.1. The largest absolute Gasteiger partial charge is 0.489 e. The second-order valence-corrected chi connectivity index (χ2v) is 8.16. The Bertz CT molecular complexity index is 756. The highest BCUT2D eigenvalue weighted by Crippen LogP contribution is 2.28. The molecule has 3 heterocycles. The summed E-state index contributed by atoms with van der Waals surface area (Å²) in [7, 11) is 0. The molecule has 0 spiro atoms. The molecule has 27 heavy (non-hydrogen) atoms. The van der Waals surface area contributed by atoms with Gasteiger partial charge in [-0.25, -0.2) is 4.98 Å². The number of hydrogen-bond donors (Lipinski definition) is 1. The Morgan fingerprint density at radius 1 is 1.33 bits per heavy atom. The average molecular weight is 390 g/mol. The molecule has 1 N–H and O–H groups in total. The topological polar surface area (TPSA) is 63.7 Å². The molecule has 6 nitrogen and oxygen atoms in total. The predicted molar refractivity (Wildman–Crippen MR) is 107 cm³/mol. The molecule has 146 valence electrons. The number of hydrogen-bond acceptors (Lipinski definition) is 6. The van der Waals surface area contributed by atoms with Gasteiger partial charge in [-0.1, -0.05) is 0 Å². The fourth-order valence-corrected chi connectivity index (χ4v) is 4.13. The minimum absolute atomic E-state index is 0.0176. The first-order valence-corrected chi connectivity index (χ1v) is 10.1. The van der Waals surface area contributed by atoms with Gasteiger partial charge in [0.2, 0.25) is 0 Å². The fraction of sp³-hybridized carbons (Fsp3) is 0.500. The van der Waals surface area contributed by atoms with E-state index in [1.807, 2.05) is 13.8 Å². The maximum absolute atomic E-state index is 12.8. The number of rotatable bonds is 7. The molecule has 1 saturated heterocycles. The Balaban J connectivity index is 1.72. The summed E-state index contributed by atoms with van der Waals surface area (Å²) >= 11 is 1.77. The lowest BCUT2D eigenvalue weighted by Gasteiger charge is -2.34. The molecule has 2 aromatic rings. The molecule has 0 bridgehead atoms. The van der Waals surface area contributed by atoms with Crippen molar-refractivity contribution in [2.45, 2.75) is 32.9 Å². The molecule has 1 aliphatic heterocycles. The third kappa shape index (κ3) is 5.28. The van der Waals surface area contributed by atoms with Crippen LogP contribution in [0.2, 0.25) is 0 Å². The van der Waals surface area contributed by atoms with Gasteiger partial charge in [-0.2, -0.15) is 0 Å². The number of aromatic nitrogens is 1. The fourth-order valence-electron chi connectivity index (χ4n) is 3.11. The predicted octanol–water partition coefficient (Wildman–Crippen LogP) is 3.04. The van der Waals surface area contributed by atoms with Crippen LogP contribution in [0.25, 0.3) is 0 Å². The van der Waals surface area contributed by atoms with E-state index in [2.05, 4.69) is 34.3 Å². The van der Waals surface area contributed by atoms with Gasteiger partial charge < -0.3 is 14.8 Å². The van der Waals surface area contributed by atoms with Crippen molar-refractivity contribution in [3.63, 3.8) is 0 Å². The summed E-state index contributed by atoms with van der Waals surface area (Å²) in [6.45, 7) is 9.67. The molecular weight excluding hydrogens is 362 g/mol. The Morgan fingerprint density at radius 2 is 2.11 bits per heavy atom. The van der Waals surface area contributed by atoms with Crippen LogP contribution >= 0.6 is 11.3 Å². The number of amides is 1. The highest BCUT2D eigenvalue weighted by molar-refractivity contribution is 7.12. The van der Waals surface area contributed by atoms with Crippen molar-refractivity contribution in [2.75, 3.05) is 32.8 Å². The molecule has 1 aliphatic rings. The van der Waals surface area contributed by atoms with Crippen LogP contribution in [-0.2, 0) is 4.74 Å². The third-order valence-corrected chi connectivity index (χ3v) is 5.48. The van der Waals surface area contributed by atoms with Gasteiger partial charge in [0.25, 0.3) is 5.91 Å². The molecular formula is C20H27N3O3S. The number of morpholine rings is 1. The number of carbonyl (C=O) groups is 1. The summed E-state index contributed by atoms with van der Waals surface area (Å²) < 4.78 is 11.2. The van der Waals surface area contributed by atoms with E-state index >= 15 is 0 Å². The Labute approximate surface area is 164 Å². The molecule has 1 atom stereocenters. The van der Waals surface area contributed by atoms with Crippen LogP contribution in [0.15, 0.2) is 30.5 Å². The molecule has 7 heteroatoms. The van der Waals surface area contributed by atoms with E-state index in [0.717, 1.165) is 26.3 Å². The number of carbonyl (C=O) groups excluding carboxylic acids is 1. The van der Waals surface area contributed by atoms with E-state index in [0.29, 0.717) is 18.0 Å². The van der Waals surface area contributed by atoms with Crippen molar-refractivity contribution in [2.24, 2.45) is 0 Å². The van der Waals surface area contributed by atoms with Crippen LogP contribution in [0.5, 0.6) is 5.75 Å². The molecule has 1 fully saturated rings. The number of ether oxygens (including phenoxy) is 2. The van der Waals surface area contributed by atoms with E-state index in [1.165, 1.54) is 9.75 Å². The summed E-state index contributed by atoms with van der Waals surface area (Å²) in [5.41, 5.74) is 0.328. The zero-order valence-electron chi connectivity index (χ0n) is 16.1. The number of nitrogens with one attached hydrogen (secondary N) is 1. The minimum atomic E-state index is -0.210. The van der Waals surface area contributed by atoms with E-state index in [9.17, 15) is 4.79 Å². The van der Waals surface area contributed by atoms with Crippen LogP contribution in [0.4, 0.5) is 0 Å². The zero-order chi connectivity index (χ0) is 19.2. The smallest absolute Gasteiger partial charge is 0.273 e. The molecule has 1 amide bonds. The SMILES string of the molecule is Cc1ccc(C(CNC(=O)c2ncccc2OC(C)C)N2CCOCC2)s1. The van der Waals surface area contributed by atoms with Gasteiger partial charge in [0.15, 0.2) is 11.4 Å². The lowest BCUT2D eigenvalue weighted by molar-refractivity contribution is 0.0169. The van der Waals surface area contributed by atoms with Crippen LogP contribution in [0, 0.1) is 6.92 Å². The number of nitrogens with zero attached hydrogens (tertiary/aromatic N) is 2. The normalized spacial score (nSPS) is 16.3. The van der Waals surface area contributed by atoms with Crippen LogP contribution in [-0.4, -0.2) is 54.7 Å². The van der Waals surface area contributed by atoms with Gasteiger partial charge in [0, 0.05) is 35.6 Å². The number of pyridine rings is 1. The number of thiophene rings is 1. The van der Waals surface area contributed by atoms with Crippen LogP contribution in [0.3, 0.4) is 0 Å². The van der Waals surface area contributed by atoms with Crippen molar-refractivity contribution in [1.82, 2.24) is 15.2 Å². The van der Waals surface area contributed by atoms with E-state index in [4.69, 9.17) is 9.47 Å². The summed E-state index contributed by atoms with van der Waals surface area (Å²) in [6, 6.07) is 7.97. The first kappa shape index (κ1) is 19.8. The van der Waals surface area contributed by atoms with Gasteiger partial charge in [0.05, 0.1) is 25.4 Å². The summed E-state index contributed by atoms with van der Waals surface area (Å²) in [4.78, 5) is 21.9. The Morgan fingerprint density at radius 3 is 2.78 bits per heavy atom. The monoisotopic (exact) mass is 389 g/mol. The maximum Gasteiger partial charge on any atom is 0.273 e. The van der Waals surface area contributed by atoms with Gasteiger partial charge in [-0.3, -0.25) is 9.69 Å². The number of aryl methyl sites for hydroxylation is 1. The first-order chi connectivity index (χ1) is 13.0. The van der Waals surface area contributed by atoms with Crippen molar-refractivity contribution >= 4 is 17.2 Å². The zero-order valence-corrected chi connectivity index (χ0v) is 16.9. The molecule has 3 rings (SSSR count). The van der Waals surface area contributed by atoms with Crippen molar-refractivity contribution in [1.29, 1.82) is 0 Å².